The summed E-state index contributed by atoms with van der Waals surface area (Å²) in [5.74, 6) is -0.0631. The molecule has 2 heterocycles. The molecule has 0 saturated carbocycles. The molecule has 4 rings (SSSR count). The van der Waals surface area contributed by atoms with E-state index in [0.717, 1.165) is 16.7 Å². The number of nitrogens with one attached hydrogen (secondary N) is 3. The lowest BCUT2D eigenvalue weighted by Crippen LogP contribution is -2.54. The van der Waals surface area contributed by atoms with E-state index < -0.39 is 42.3 Å². The second-order valence-corrected chi connectivity index (χ2v) is 14.0. The van der Waals surface area contributed by atoms with Crippen LogP contribution < -0.4 is 16.0 Å². The summed E-state index contributed by atoms with van der Waals surface area (Å²) < 4.78 is 16.2. The van der Waals surface area contributed by atoms with Crippen LogP contribution in [0.4, 0.5) is 9.59 Å². The number of ether oxygens (including phenoxy) is 2. The summed E-state index contributed by atoms with van der Waals surface area (Å²) in [6, 6.07) is 22.1. The average Bonchev–Trinajstić information content (AvgIpc) is 3.60. The molecule has 4 atom stereocenters. The van der Waals surface area contributed by atoms with Crippen LogP contribution in [0.25, 0.3) is 0 Å². The van der Waals surface area contributed by atoms with E-state index in [1.807, 2.05) is 95.3 Å². The van der Waals surface area contributed by atoms with Crippen molar-refractivity contribution in [3.63, 3.8) is 0 Å². The highest BCUT2D eigenvalue weighted by Gasteiger charge is 2.31. The predicted molar refractivity (Wildman–Crippen MR) is 191 cm³/mol. The number of alkyl carbamates (subject to hydrolysis) is 2. The third kappa shape index (κ3) is 12.9. The Balaban J connectivity index is 1.45. The van der Waals surface area contributed by atoms with Crippen molar-refractivity contribution < 1.29 is 33.5 Å². The molecule has 272 valence electrons. The number of hydrogen-bond donors (Lipinski definition) is 4. The summed E-state index contributed by atoms with van der Waals surface area (Å²) in [4.78, 5) is 43.6. The van der Waals surface area contributed by atoms with E-state index in [-0.39, 0.29) is 31.0 Å². The third-order valence-electron chi connectivity index (χ3n) is 8.23. The zero-order valence-corrected chi connectivity index (χ0v) is 29.9. The number of aliphatic hydroxyl groups excluding tert-OH is 1. The highest BCUT2D eigenvalue weighted by molar-refractivity contribution is 5.86. The van der Waals surface area contributed by atoms with E-state index in [4.69, 9.17) is 14.0 Å². The van der Waals surface area contributed by atoms with Gasteiger partial charge < -0.3 is 35.1 Å². The zero-order valence-electron chi connectivity index (χ0n) is 29.9. The number of carbonyl (C=O) groups excluding carboxylic acids is 3. The van der Waals surface area contributed by atoms with Gasteiger partial charge in [-0.15, -0.1) is 0 Å². The molecular weight excluding hydrogens is 650 g/mol. The number of aromatic nitrogens is 2. The highest BCUT2D eigenvalue weighted by atomic mass is 16.6. The van der Waals surface area contributed by atoms with Gasteiger partial charge in [0, 0.05) is 35.5 Å². The number of pyridine rings is 1. The fourth-order valence-electron chi connectivity index (χ4n) is 5.39. The minimum Gasteiger partial charge on any atom is -0.445 e. The Morgan fingerprint density at radius 3 is 2.00 bits per heavy atom. The third-order valence-corrected chi connectivity index (χ3v) is 8.23. The average molecular weight is 700 g/mol. The molecule has 0 aliphatic rings. The quantitative estimate of drug-likeness (QED) is 0.116. The van der Waals surface area contributed by atoms with Gasteiger partial charge in [-0.05, 0) is 42.4 Å². The fraction of sp³-hybridized carbons (Fsp3) is 0.410. The monoisotopic (exact) mass is 699 g/mol. The van der Waals surface area contributed by atoms with E-state index >= 15 is 0 Å². The number of carbonyl (C=O) groups is 3. The minimum atomic E-state index is -1.08. The van der Waals surface area contributed by atoms with Crippen molar-refractivity contribution in [2.24, 2.45) is 5.92 Å². The van der Waals surface area contributed by atoms with Crippen LogP contribution >= 0.6 is 0 Å². The maximum Gasteiger partial charge on any atom is 0.408 e. The number of nitrogens with zero attached hydrogens (tertiary/aromatic N) is 2. The number of benzene rings is 2. The van der Waals surface area contributed by atoms with E-state index in [9.17, 15) is 19.5 Å². The Hall–Kier alpha value is -5.23. The van der Waals surface area contributed by atoms with Gasteiger partial charge >= 0.3 is 12.2 Å². The summed E-state index contributed by atoms with van der Waals surface area (Å²) in [5, 5.41) is 24.2. The van der Waals surface area contributed by atoms with Gasteiger partial charge in [0.05, 0.1) is 12.1 Å². The standard InChI is InChI=1S/C39H49N5O7/c1-26(2)35(43-38(48)50-25-31-22-34(51-44-31)39(3,4)5)36(46)41-30(19-27-13-8-6-9-14-27)21-33(45)32(20-28-15-10-7-11-16-28)42-37(47)49-24-29-17-12-18-40-23-29/h6-18,22-23,26,30,32-33,35,45H,19-21,24-25H2,1-5H3,(H,41,46)(H,42,47)(H,43,48)/t30-,32-,33-,35-/m0/s1. The van der Waals surface area contributed by atoms with Gasteiger partial charge in [-0.25, -0.2) is 9.59 Å². The lowest BCUT2D eigenvalue weighted by molar-refractivity contribution is -0.125. The molecule has 0 aliphatic carbocycles. The van der Waals surface area contributed by atoms with E-state index in [0.29, 0.717) is 24.3 Å². The van der Waals surface area contributed by atoms with Crippen molar-refractivity contribution in [2.45, 2.75) is 96.7 Å². The predicted octanol–water partition coefficient (Wildman–Crippen LogP) is 5.63. The van der Waals surface area contributed by atoms with E-state index in [1.54, 1.807) is 30.6 Å². The molecule has 0 aliphatic heterocycles. The van der Waals surface area contributed by atoms with Crippen LogP contribution in [0.2, 0.25) is 0 Å². The van der Waals surface area contributed by atoms with Crippen LogP contribution in [-0.4, -0.2) is 57.6 Å². The number of hydrogen-bond acceptors (Lipinski definition) is 9. The summed E-state index contributed by atoms with van der Waals surface area (Å²) in [6.07, 6.45) is 1.50. The topological polar surface area (TPSA) is 165 Å². The van der Waals surface area contributed by atoms with Crippen LogP contribution in [0, 0.1) is 5.92 Å². The molecule has 4 N–H and O–H groups in total. The minimum absolute atomic E-state index is 0.0169. The molecule has 3 amide bonds. The Morgan fingerprint density at radius 1 is 0.804 bits per heavy atom. The summed E-state index contributed by atoms with van der Waals surface area (Å²) >= 11 is 0. The van der Waals surface area contributed by atoms with E-state index in [1.165, 1.54) is 0 Å². The summed E-state index contributed by atoms with van der Waals surface area (Å²) in [5.41, 5.74) is 2.77. The van der Waals surface area contributed by atoms with Crippen molar-refractivity contribution in [2.75, 3.05) is 0 Å². The smallest absolute Gasteiger partial charge is 0.408 e. The lowest BCUT2D eigenvalue weighted by atomic mass is 9.93. The van der Waals surface area contributed by atoms with Crippen LogP contribution in [-0.2, 0) is 45.7 Å². The molecule has 12 nitrogen and oxygen atoms in total. The maximum absolute atomic E-state index is 13.8. The van der Waals surface area contributed by atoms with Gasteiger partial charge in [-0.2, -0.15) is 0 Å². The van der Waals surface area contributed by atoms with Gasteiger partial charge in [-0.3, -0.25) is 9.78 Å². The van der Waals surface area contributed by atoms with Gasteiger partial charge in [0.15, 0.2) is 0 Å². The van der Waals surface area contributed by atoms with Crippen LogP contribution in [0.5, 0.6) is 0 Å². The Labute approximate surface area is 299 Å². The molecule has 0 saturated heterocycles. The molecule has 12 heteroatoms. The van der Waals surface area contributed by atoms with Gasteiger partial charge in [-0.1, -0.05) is 107 Å². The van der Waals surface area contributed by atoms with Gasteiger partial charge in [0.2, 0.25) is 5.91 Å². The molecule has 0 spiro atoms. The van der Waals surface area contributed by atoms with Crippen LogP contribution in [0.3, 0.4) is 0 Å². The first-order valence-electron chi connectivity index (χ1n) is 17.1. The number of amides is 3. The first-order chi connectivity index (χ1) is 24.4. The SMILES string of the molecule is CC(C)[C@H](NC(=O)OCc1cc(C(C)(C)C)on1)C(=O)N[C@@H](Cc1ccccc1)C[C@H](O)[C@H](Cc1ccccc1)NC(=O)OCc1cccnc1. The zero-order chi connectivity index (χ0) is 36.8. The number of aliphatic hydroxyl groups is 1. The van der Waals surface area contributed by atoms with Gasteiger partial charge in [0.1, 0.15) is 30.7 Å². The van der Waals surface area contributed by atoms with Crippen LogP contribution in [0.1, 0.15) is 69.2 Å². The fourth-order valence-corrected chi connectivity index (χ4v) is 5.39. The maximum atomic E-state index is 13.8. The van der Waals surface area contributed by atoms with Crippen molar-refractivity contribution in [3.05, 3.63) is 119 Å². The molecule has 2 aromatic carbocycles. The molecule has 51 heavy (non-hydrogen) atoms. The van der Waals surface area contributed by atoms with E-state index in [2.05, 4.69) is 26.1 Å². The summed E-state index contributed by atoms with van der Waals surface area (Å²) in [7, 11) is 0. The van der Waals surface area contributed by atoms with Crippen molar-refractivity contribution in [1.29, 1.82) is 0 Å². The Morgan fingerprint density at radius 2 is 1.41 bits per heavy atom. The second kappa shape index (κ2) is 18.7. The lowest BCUT2D eigenvalue weighted by Gasteiger charge is -2.30. The first kappa shape index (κ1) is 38.6. The van der Waals surface area contributed by atoms with Gasteiger partial charge in [0.25, 0.3) is 0 Å². The molecule has 2 aromatic heterocycles. The second-order valence-electron chi connectivity index (χ2n) is 14.0. The molecule has 4 aromatic rings. The van der Waals surface area contributed by atoms with Crippen LogP contribution in [0.15, 0.2) is 95.8 Å². The highest BCUT2D eigenvalue weighted by Crippen LogP contribution is 2.23. The molecular formula is C39H49N5O7. The normalized spacial score (nSPS) is 13.8. The number of rotatable bonds is 16. The summed E-state index contributed by atoms with van der Waals surface area (Å²) in [6.45, 7) is 9.48. The Bertz CT molecular complexity index is 1660. The first-order valence-corrected chi connectivity index (χ1v) is 17.1. The molecule has 0 radical (unpaired) electrons. The van der Waals surface area contributed by atoms with Crippen molar-refractivity contribution in [3.8, 4) is 0 Å². The van der Waals surface area contributed by atoms with Crippen molar-refractivity contribution in [1.82, 2.24) is 26.1 Å². The molecule has 0 fully saturated rings. The largest absolute Gasteiger partial charge is 0.445 e. The molecule has 0 bridgehead atoms. The molecule has 0 unspecified atom stereocenters. The Kier molecular flexibility index (Phi) is 14.1. The van der Waals surface area contributed by atoms with Crippen molar-refractivity contribution >= 4 is 18.1 Å².